The highest BCUT2D eigenvalue weighted by atomic mass is 16.5. The van der Waals surface area contributed by atoms with E-state index in [2.05, 4.69) is 10.3 Å². The van der Waals surface area contributed by atoms with Crippen LogP contribution in [-0.4, -0.2) is 60.4 Å². The number of aromatic nitrogens is 1. The number of nitrogens with one attached hydrogen (secondary N) is 1. The molecule has 1 aliphatic heterocycles. The van der Waals surface area contributed by atoms with Crippen molar-refractivity contribution in [2.24, 2.45) is 0 Å². The van der Waals surface area contributed by atoms with Crippen molar-refractivity contribution in [3.05, 3.63) is 53.7 Å². The summed E-state index contributed by atoms with van der Waals surface area (Å²) >= 11 is 0. The smallest absolute Gasteiger partial charge is 0.239 e. The van der Waals surface area contributed by atoms with Crippen molar-refractivity contribution in [1.82, 2.24) is 14.8 Å². The maximum atomic E-state index is 13.2. The second-order valence-electron chi connectivity index (χ2n) is 8.17. The lowest BCUT2D eigenvalue weighted by atomic mass is 10.0. The number of amides is 2. The van der Waals surface area contributed by atoms with Crippen LogP contribution >= 0.6 is 0 Å². The maximum Gasteiger partial charge on any atom is 0.239 e. The molecule has 1 unspecified atom stereocenters. The largest absolute Gasteiger partial charge is 0.497 e. The fourth-order valence-corrected chi connectivity index (χ4v) is 3.93. The molecule has 7 heteroatoms. The highest BCUT2D eigenvalue weighted by molar-refractivity contribution is 5.91. The lowest BCUT2D eigenvalue weighted by Gasteiger charge is -2.32. The standard InChI is InChI=1S/C24H32N4O3/c1-18-8-13-22(25-15-18)26-23(29)16-27(2)17-24(30)28-14-6-4-5-7-21(28)19-9-11-20(31-3)12-10-19/h8-13,15,21H,4-7,14,16-17H2,1-3H3,(H,25,26,29). The van der Waals surface area contributed by atoms with Crippen LogP contribution in [0, 0.1) is 6.92 Å². The van der Waals surface area contributed by atoms with Crippen LogP contribution in [0.5, 0.6) is 5.75 Å². The van der Waals surface area contributed by atoms with Gasteiger partial charge >= 0.3 is 0 Å². The summed E-state index contributed by atoms with van der Waals surface area (Å²) in [6.45, 7) is 3.01. The quantitative estimate of drug-likeness (QED) is 0.737. The van der Waals surface area contributed by atoms with Gasteiger partial charge in [0, 0.05) is 12.7 Å². The Labute approximate surface area is 184 Å². The Balaban J connectivity index is 1.60. The van der Waals surface area contributed by atoms with Gasteiger partial charge in [-0.1, -0.05) is 31.0 Å². The number of nitrogens with zero attached hydrogens (tertiary/aromatic N) is 3. The minimum atomic E-state index is -0.186. The van der Waals surface area contributed by atoms with Gasteiger partial charge in [0.05, 0.1) is 26.2 Å². The first-order valence-corrected chi connectivity index (χ1v) is 10.8. The molecule has 1 aromatic heterocycles. The Hall–Kier alpha value is -2.93. The Morgan fingerprint density at radius 2 is 1.90 bits per heavy atom. The van der Waals surface area contributed by atoms with E-state index < -0.39 is 0 Å². The average Bonchev–Trinajstić information content (AvgIpc) is 3.01. The molecule has 2 heterocycles. The predicted molar refractivity (Wildman–Crippen MR) is 121 cm³/mol. The third-order valence-electron chi connectivity index (χ3n) is 5.57. The molecule has 1 fully saturated rings. The summed E-state index contributed by atoms with van der Waals surface area (Å²) < 4.78 is 5.26. The van der Waals surface area contributed by atoms with Crippen molar-refractivity contribution >= 4 is 17.6 Å². The summed E-state index contributed by atoms with van der Waals surface area (Å²) in [5.41, 5.74) is 2.16. The highest BCUT2D eigenvalue weighted by Crippen LogP contribution is 2.31. The number of likely N-dealkylation sites (tertiary alicyclic amines) is 1. The number of rotatable bonds is 7. The molecule has 0 radical (unpaired) electrons. The van der Waals surface area contributed by atoms with E-state index in [0.717, 1.165) is 49.1 Å². The highest BCUT2D eigenvalue weighted by Gasteiger charge is 2.27. The van der Waals surface area contributed by atoms with E-state index in [9.17, 15) is 9.59 Å². The molecule has 2 amide bonds. The lowest BCUT2D eigenvalue weighted by molar-refractivity contribution is -0.134. The van der Waals surface area contributed by atoms with Crippen LogP contribution in [-0.2, 0) is 9.59 Å². The van der Waals surface area contributed by atoms with Crippen molar-refractivity contribution < 1.29 is 14.3 Å². The number of ether oxygens (including phenoxy) is 1. The third kappa shape index (κ3) is 6.52. The SMILES string of the molecule is COc1ccc(C2CCCCCN2C(=O)CN(C)CC(=O)Nc2ccc(C)cn2)cc1. The van der Waals surface area contributed by atoms with E-state index in [-0.39, 0.29) is 30.9 Å². The van der Waals surface area contributed by atoms with Crippen LogP contribution in [0.25, 0.3) is 0 Å². The summed E-state index contributed by atoms with van der Waals surface area (Å²) in [6, 6.07) is 11.7. The molecule has 31 heavy (non-hydrogen) atoms. The van der Waals surface area contributed by atoms with Gasteiger partial charge in [0.1, 0.15) is 11.6 Å². The number of aryl methyl sites for hydroxylation is 1. The summed E-state index contributed by atoms with van der Waals surface area (Å²) in [5, 5.41) is 2.78. The van der Waals surface area contributed by atoms with Gasteiger partial charge in [0.2, 0.25) is 11.8 Å². The van der Waals surface area contributed by atoms with E-state index >= 15 is 0 Å². The third-order valence-corrected chi connectivity index (χ3v) is 5.57. The summed E-state index contributed by atoms with van der Waals surface area (Å²) in [5.74, 6) is 1.19. The number of methoxy groups -OCH3 is 1. The van der Waals surface area contributed by atoms with Gasteiger partial charge in [0.15, 0.2) is 0 Å². The van der Waals surface area contributed by atoms with E-state index in [1.807, 2.05) is 42.2 Å². The van der Waals surface area contributed by atoms with E-state index in [0.29, 0.717) is 5.82 Å². The summed E-state index contributed by atoms with van der Waals surface area (Å²) in [6.07, 6.45) is 5.88. The molecule has 1 aromatic carbocycles. The monoisotopic (exact) mass is 424 g/mol. The summed E-state index contributed by atoms with van der Waals surface area (Å²) in [7, 11) is 3.44. The number of benzene rings is 1. The minimum absolute atomic E-state index is 0.0477. The van der Waals surface area contributed by atoms with Crippen LogP contribution in [0.15, 0.2) is 42.6 Å². The Morgan fingerprint density at radius 1 is 1.13 bits per heavy atom. The first-order chi connectivity index (χ1) is 15.0. The molecule has 1 N–H and O–H groups in total. The van der Waals surface area contributed by atoms with E-state index in [1.54, 1.807) is 31.3 Å². The molecule has 1 atom stereocenters. The van der Waals surface area contributed by atoms with Gasteiger partial charge in [-0.15, -0.1) is 0 Å². The molecule has 2 aromatic rings. The minimum Gasteiger partial charge on any atom is -0.497 e. The van der Waals surface area contributed by atoms with Gasteiger partial charge < -0.3 is 15.0 Å². The number of anilines is 1. The van der Waals surface area contributed by atoms with Gasteiger partial charge in [-0.2, -0.15) is 0 Å². The van der Waals surface area contributed by atoms with Crippen LogP contribution in [0.1, 0.15) is 42.9 Å². The molecular formula is C24H32N4O3. The van der Waals surface area contributed by atoms with Crippen molar-refractivity contribution in [2.45, 2.75) is 38.6 Å². The van der Waals surface area contributed by atoms with E-state index in [1.165, 1.54) is 0 Å². The lowest BCUT2D eigenvalue weighted by Crippen LogP contribution is -2.43. The topological polar surface area (TPSA) is 74.8 Å². The number of carbonyl (C=O) groups excluding carboxylic acids is 2. The average molecular weight is 425 g/mol. The number of carbonyl (C=O) groups is 2. The zero-order valence-electron chi connectivity index (χ0n) is 18.6. The van der Waals surface area contributed by atoms with Crippen LogP contribution in [0.4, 0.5) is 5.82 Å². The number of hydrogen-bond donors (Lipinski definition) is 1. The molecule has 0 spiro atoms. The fraction of sp³-hybridized carbons (Fsp3) is 0.458. The zero-order chi connectivity index (χ0) is 22.2. The number of likely N-dealkylation sites (N-methyl/N-ethyl adjacent to an activating group) is 1. The predicted octanol–water partition coefficient (Wildman–Crippen LogP) is 3.41. The van der Waals surface area contributed by atoms with Crippen molar-refractivity contribution in [2.75, 3.05) is 39.1 Å². The zero-order valence-corrected chi connectivity index (χ0v) is 18.6. The first kappa shape index (κ1) is 22.7. The fourth-order valence-electron chi connectivity index (χ4n) is 3.93. The van der Waals surface area contributed by atoms with Gasteiger partial charge in [-0.25, -0.2) is 4.98 Å². The molecule has 0 saturated carbocycles. The van der Waals surface area contributed by atoms with Crippen LogP contribution in [0.3, 0.4) is 0 Å². The van der Waals surface area contributed by atoms with Crippen molar-refractivity contribution in [3.63, 3.8) is 0 Å². The molecule has 0 aliphatic carbocycles. The molecule has 166 valence electrons. The van der Waals surface area contributed by atoms with E-state index in [4.69, 9.17) is 4.74 Å². The molecule has 3 rings (SSSR count). The van der Waals surface area contributed by atoms with Crippen molar-refractivity contribution in [1.29, 1.82) is 0 Å². The van der Waals surface area contributed by atoms with Crippen LogP contribution < -0.4 is 10.1 Å². The Morgan fingerprint density at radius 3 is 2.58 bits per heavy atom. The molecule has 7 nitrogen and oxygen atoms in total. The normalized spacial score (nSPS) is 16.6. The molecular weight excluding hydrogens is 392 g/mol. The molecule has 1 aliphatic rings. The Kier molecular flexibility index (Phi) is 8.00. The first-order valence-electron chi connectivity index (χ1n) is 10.8. The van der Waals surface area contributed by atoms with Crippen molar-refractivity contribution in [3.8, 4) is 5.75 Å². The van der Waals surface area contributed by atoms with Gasteiger partial charge in [0.25, 0.3) is 0 Å². The summed E-state index contributed by atoms with van der Waals surface area (Å²) in [4.78, 5) is 33.4. The van der Waals surface area contributed by atoms with Gasteiger partial charge in [-0.3, -0.25) is 14.5 Å². The molecule has 0 bridgehead atoms. The number of hydrogen-bond acceptors (Lipinski definition) is 5. The second-order valence-corrected chi connectivity index (χ2v) is 8.17. The second kappa shape index (κ2) is 10.9. The Bertz CT molecular complexity index is 867. The maximum absolute atomic E-state index is 13.2. The molecule has 1 saturated heterocycles. The van der Waals surface area contributed by atoms with Crippen LogP contribution in [0.2, 0.25) is 0 Å². The number of pyridine rings is 1. The van der Waals surface area contributed by atoms with Gasteiger partial charge in [-0.05, 0) is 56.1 Å².